The van der Waals surface area contributed by atoms with E-state index in [1.54, 1.807) is 20.8 Å². The zero-order valence-electron chi connectivity index (χ0n) is 21.5. The van der Waals surface area contributed by atoms with Crippen LogP contribution in [0, 0.1) is 29.1 Å². The quantitative estimate of drug-likeness (QED) is 0.0690. The summed E-state index contributed by atoms with van der Waals surface area (Å²) in [4.78, 5) is 35.8. The molecular weight excluding hydrogens is 519 g/mol. The molecule has 0 aliphatic heterocycles. The summed E-state index contributed by atoms with van der Waals surface area (Å²) < 4.78 is 83.2. The lowest BCUT2D eigenvalue weighted by molar-refractivity contribution is -0.150. The molecule has 0 amide bonds. The van der Waals surface area contributed by atoms with E-state index in [-0.39, 0.29) is 38.1 Å². The Hall–Kier alpha value is -2.50. The standard InChI is InChI=1S/C25H35F5O6Si/c1-4-18(31)34-37(35-19(32)5-2,36-20(33)6-3)16-14-12-10-8-7-9-11-13-15-17-21(26)23(28)25(30)24(29)22(17)27/h4-16H2,1-3H3. The van der Waals surface area contributed by atoms with Crippen molar-refractivity contribution >= 4 is 26.7 Å². The van der Waals surface area contributed by atoms with E-state index in [2.05, 4.69) is 0 Å². The molecule has 0 spiro atoms. The number of hydrogen-bond donors (Lipinski definition) is 0. The lowest BCUT2D eigenvalue weighted by Gasteiger charge is -2.27. The number of rotatable bonds is 17. The van der Waals surface area contributed by atoms with Crippen LogP contribution in [-0.2, 0) is 34.1 Å². The second-order valence-corrected chi connectivity index (χ2v) is 11.0. The smallest absolute Gasteiger partial charge is 0.455 e. The predicted octanol–water partition coefficient (Wildman–Crippen LogP) is 6.84. The van der Waals surface area contributed by atoms with Crippen LogP contribution in [0.3, 0.4) is 0 Å². The van der Waals surface area contributed by atoms with Gasteiger partial charge in [0.1, 0.15) is 0 Å². The molecule has 6 nitrogen and oxygen atoms in total. The molecule has 0 aliphatic carbocycles. The summed E-state index contributed by atoms with van der Waals surface area (Å²) in [6.45, 7) is 4.73. The third-order valence-electron chi connectivity index (χ3n) is 5.63. The van der Waals surface area contributed by atoms with Crippen molar-refractivity contribution in [2.75, 3.05) is 0 Å². The van der Waals surface area contributed by atoms with E-state index in [1.807, 2.05) is 0 Å². The van der Waals surface area contributed by atoms with Crippen LogP contribution in [0.15, 0.2) is 0 Å². The Morgan fingerprint density at radius 2 is 0.865 bits per heavy atom. The van der Waals surface area contributed by atoms with Crippen LogP contribution in [-0.4, -0.2) is 26.7 Å². The summed E-state index contributed by atoms with van der Waals surface area (Å²) in [6, 6.07) is 0.123. The largest absolute Gasteiger partial charge is 0.705 e. The maximum Gasteiger partial charge on any atom is 0.705 e. The first-order valence-electron chi connectivity index (χ1n) is 12.7. The molecule has 12 heteroatoms. The lowest BCUT2D eigenvalue weighted by Crippen LogP contribution is -2.50. The molecule has 0 fully saturated rings. The van der Waals surface area contributed by atoms with E-state index in [4.69, 9.17) is 13.3 Å². The highest BCUT2D eigenvalue weighted by molar-refractivity contribution is 6.65. The van der Waals surface area contributed by atoms with E-state index >= 15 is 0 Å². The molecule has 1 aromatic rings. The molecule has 1 aromatic carbocycles. The monoisotopic (exact) mass is 554 g/mol. The van der Waals surface area contributed by atoms with Crippen molar-refractivity contribution in [1.29, 1.82) is 0 Å². The van der Waals surface area contributed by atoms with Gasteiger partial charge in [-0.05, 0) is 19.3 Å². The van der Waals surface area contributed by atoms with Gasteiger partial charge in [-0.2, -0.15) is 0 Å². The SMILES string of the molecule is CCC(=O)O[Si](CCCCCCCCCCc1c(F)c(F)c(F)c(F)c1F)(OC(=O)CC)OC(=O)CC. The molecule has 0 aromatic heterocycles. The van der Waals surface area contributed by atoms with Gasteiger partial charge in [0, 0.05) is 24.8 Å². The number of carbonyl (C=O) groups is 3. The van der Waals surface area contributed by atoms with Gasteiger partial charge in [0.25, 0.3) is 17.9 Å². The first-order chi connectivity index (χ1) is 17.5. The van der Waals surface area contributed by atoms with Crippen molar-refractivity contribution in [1.82, 2.24) is 0 Å². The van der Waals surface area contributed by atoms with Crippen LogP contribution in [0.5, 0.6) is 0 Å². The molecule has 0 saturated heterocycles. The highest BCUT2D eigenvalue weighted by atomic mass is 28.4. The maximum atomic E-state index is 13.7. The van der Waals surface area contributed by atoms with Crippen molar-refractivity contribution in [3.05, 3.63) is 34.6 Å². The number of unbranched alkanes of at least 4 members (excludes halogenated alkanes) is 7. The van der Waals surface area contributed by atoms with E-state index in [0.29, 0.717) is 25.7 Å². The van der Waals surface area contributed by atoms with Gasteiger partial charge in [-0.25, -0.2) is 22.0 Å². The topological polar surface area (TPSA) is 78.9 Å². The van der Waals surface area contributed by atoms with Crippen molar-refractivity contribution in [2.24, 2.45) is 0 Å². The minimum Gasteiger partial charge on any atom is -0.455 e. The first kappa shape index (κ1) is 32.5. The van der Waals surface area contributed by atoms with Crippen molar-refractivity contribution < 1.29 is 49.6 Å². The molecule has 37 heavy (non-hydrogen) atoms. The second-order valence-electron chi connectivity index (χ2n) is 8.54. The summed E-state index contributed by atoms with van der Waals surface area (Å²) in [5, 5.41) is 0. The molecule has 210 valence electrons. The average molecular weight is 555 g/mol. The van der Waals surface area contributed by atoms with Crippen LogP contribution < -0.4 is 0 Å². The minimum absolute atomic E-state index is 0.0342. The molecule has 0 saturated carbocycles. The van der Waals surface area contributed by atoms with Crippen LogP contribution >= 0.6 is 0 Å². The number of carbonyl (C=O) groups excluding carboxylic acids is 3. The van der Waals surface area contributed by atoms with Crippen LogP contribution in [0.4, 0.5) is 22.0 Å². The fourth-order valence-corrected chi connectivity index (χ4v) is 6.11. The molecule has 0 N–H and O–H groups in total. The van der Waals surface area contributed by atoms with Gasteiger partial charge in [0.05, 0.1) is 6.04 Å². The van der Waals surface area contributed by atoms with E-state index in [1.165, 1.54) is 0 Å². The van der Waals surface area contributed by atoms with Gasteiger partial charge in [0.15, 0.2) is 23.3 Å². The normalized spacial score (nSPS) is 11.4. The fraction of sp³-hybridized carbons (Fsp3) is 0.640. The van der Waals surface area contributed by atoms with Crippen molar-refractivity contribution in [3.63, 3.8) is 0 Å². The lowest BCUT2D eigenvalue weighted by atomic mass is 10.0. The Labute approximate surface area is 215 Å². The zero-order valence-corrected chi connectivity index (χ0v) is 22.5. The third-order valence-corrected chi connectivity index (χ3v) is 8.22. The summed E-state index contributed by atoms with van der Waals surface area (Å²) in [5.74, 6) is -11.4. The Kier molecular flexibility index (Phi) is 14.4. The number of benzene rings is 1. The fourth-order valence-electron chi connectivity index (χ4n) is 3.53. The molecule has 0 bridgehead atoms. The van der Waals surface area contributed by atoms with Gasteiger partial charge in [0.2, 0.25) is 5.82 Å². The molecule has 0 aliphatic rings. The van der Waals surface area contributed by atoms with Crippen molar-refractivity contribution in [3.8, 4) is 0 Å². The van der Waals surface area contributed by atoms with Crippen LogP contribution in [0.2, 0.25) is 6.04 Å². The van der Waals surface area contributed by atoms with Crippen LogP contribution in [0.1, 0.15) is 97.0 Å². The second kappa shape index (κ2) is 16.4. The molecule has 1 rings (SSSR count). The van der Waals surface area contributed by atoms with Crippen molar-refractivity contribution in [2.45, 2.75) is 104 Å². The zero-order chi connectivity index (χ0) is 28.0. The maximum absolute atomic E-state index is 13.7. The minimum atomic E-state index is -3.87. The number of halogens is 5. The van der Waals surface area contributed by atoms with E-state index < -0.39 is 61.4 Å². The summed E-state index contributed by atoms with van der Waals surface area (Å²) in [7, 11) is -3.87. The van der Waals surface area contributed by atoms with Gasteiger partial charge in [-0.15, -0.1) is 0 Å². The molecule has 0 atom stereocenters. The number of hydrogen-bond acceptors (Lipinski definition) is 6. The van der Waals surface area contributed by atoms with Gasteiger partial charge >= 0.3 is 8.80 Å². The van der Waals surface area contributed by atoms with E-state index in [9.17, 15) is 36.3 Å². The predicted molar refractivity (Wildman–Crippen MR) is 127 cm³/mol. The van der Waals surface area contributed by atoms with Gasteiger partial charge in [-0.1, -0.05) is 59.3 Å². The average Bonchev–Trinajstić information content (AvgIpc) is 2.88. The molecule has 0 radical (unpaired) electrons. The Bertz CT molecular complexity index is 853. The summed E-state index contributed by atoms with van der Waals surface area (Å²) >= 11 is 0. The summed E-state index contributed by atoms with van der Waals surface area (Å²) in [5.41, 5.74) is -0.791. The molecule has 0 heterocycles. The highest BCUT2D eigenvalue weighted by Gasteiger charge is 2.52. The van der Waals surface area contributed by atoms with Gasteiger partial charge in [-0.3, -0.25) is 14.4 Å². The third kappa shape index (κ3) is 10.4. The Morgan fingerprint density at radius 3 is 1.24 bits per heavy atom. The molecule has 0 unspecified atom stereocenters. The van der Waals surface area contributed by atoms with E-state index in [0.717, 1.165) is 19.3 Å². The Morgan fingerprint density at radius 1 is 0.541 bits per heavy atom. The molecular formula is C25H35F5O6Si. The van der Waals surface area contributed by atoms with Crippen LogP contribution in [0.25, 0.3) is 0 Å². The first-order valence-corrected chi connectivity index (χ1v) is 14.6. The highest BCUT2D eigenvalue weighted by Crippen LogP contribution is 2.25. The van der Waals surface area contributed by atoms with Gasteiger partial charge < -0.3 is 13.3 Å². The summed E-state index contributed by atoms with van der Waals surface area (Å²) in [6.07, 6.45) is 4.98. The Balaban J connectivity index is 2.47.